The van der Waals surface area contributed by atoms with Gasteiger partial charge in [-0.25, -0.2) is 0 Å². The zero-order valence-corrected chi connectivity index (χ0v) is 14.9. The van der Waals surface area contributed by atoms with Crippen molar-refractivity contribution in [3.63, 3.8) is 0 Å². The predicted octanol–water partition coefficient (Wildman–Crippen LogP) is 4.29. The number of hydrogen-bond donors (Lipinski definition) is 1. The van der Waals surface area contributed by atoms with E-state index in [2.05, 4.69) is 15.2 Å². The van der Waals surface area contributed by atoms with Crippen LogP contribution < -0.4 is 5.32 Å². The number of rotatable bonds is 3. The maximum Gasteiger partial charge on any atom is 0.161 e. The molecule has 1 aromatic rings. The van der Waals surface area contributed by atoms with Crippen LogP contribution in [0.4, 0.5) is 5.69 Å². The number of likely N-dealkylation sites (tertiary alicyclic amines) is 1. The van der Waals surface area contributed by atoms with E-state index in [9.17, 15) is 0 Å². The largest absolute Gasteiger partial charge is 0.335 e. The summed E-state index contributed by atoms with van der Waals surface area (Å²) in [5.41, 5.74) is 2.32. The van der Waals surface area contributed by atoms with Crippen LogP contribution in [0.15, 0.2) is 23.2 Å². The molecule has 0 amide bonds. The van der Waals surface area contributed by atoms with Crippen LogP contribution in [0.5, 0.6) is 0 Å². The Labute approximate surface area is 147 Å². The van der Waals surface area contributed by atoms with Gasteiger partial charge in [0.25, 0.3) is 0 Å². The fourth-order valence-electron chi connectivity index (χ4n) is 2.49. The van der Waals surface area contributed by atoms with Gasteiger partial charge in [-0.3, -0.25) is 4.99 Å². The van der Waals surface area contributed by atoms with E-state index in [1.807, 2.05) is 30.0 Å². The van der Waals surface area contributed by atoms with Gasteiger partial charge in [0.2, 0.25) is 0 Å². The van der Waals surface area contributed by atoms with Gasteiger partial charge in [-0.2, -0.15) is 0 Å². The van der Waals surface area contributed by atoms with E-state index in [-0.39, 0.29) is 24.8 Å². The number of nitrogens with one attached hydrogen (secondary N) is 1. The first-order valence-corrected chi connectivity index (χ1v) is 8.13. The maximum atomic E-state index is 5.98. The van der Waals surface area contributed by atoms with Crippen LogP contribution in [0.1, 0.15) is 18.4 Å². The fraction of sp³-hybridized carbons (Fsp3) is 0.500. The number of thioether (sulfide) groups is 1. The van der Waals surface area contributed by atoms with E-state index in [0.717, 1.165) is 28.2 Å². The molecule has 1 N–H and O–H groups in total. The van der Waals surface area contributed by atoms with Gasteiger partial charge < -0.3 is 10.2 Å². The van der Waals surface area contributed by atoms with Crippen LogP contribution in [0.2, 0.25) is 5.02 Å². The summed E-state index contributed by atoms with van der Waals surface area (Å²) < 4.78 is 0. The molecule has 0 bridgehead atoms. The molecule has 0 radical (unpaired) electrons. The van der Waals surface area contributed by atoms with Gasteiger partial charge in [0.05, 0.1) is 6.54 Å². The topological polar surface area (TPSA) is 27.6 Å². The second-order valence-electron chi connectivity index (χ2n) is 4.95. The number of halogens is 3. The highest BCUT2D eigenvalue weighted by Gasteiger charge is 2.14. The molecule has 118 valence electrons. The molecular formula is C14H20Cl3N3S. The van der Waals surface area contributed by atoms with Gasteiger partial charge in [0, 0.05) is 23.0 Å². The second-order valence-corrected chi connectivity index (χ2v) is 6.47. The van der Waals surface area contributed by atoms with Gasteiger partial charge in [-0.1, -0.05) is 23.4 Å². The van der Waals surface area contributed by atoms with E-state index < -0.39 is 0 Å². The van der Waals surface area contributed by atoms with Gasteiger partial charge >= 0.3 is 0 Å². The molecule has 2 aliphatic rings. The molecule has 0 spiro atoms. The van der Waals surface area contributed by atoms with Crippen molar-refractivity contribution < 1.29 is 0 Å². The van der Waals surface area contributed by atoms with Crippen molar-refractivity contribution in [3.8, 4) is 0 Å². The van der Waals surface area contributed by atoms with Crippen molar-refractivity contribution in [2.45, 2.75) is 19.4 Å². The highest BCUT2D eigenvalue weighted by Crippen LogP contribution is 2.26. The van der Waals surface area contributed by atoms with E-state index in [1.165, 1.54) is 38.0 Å². The highest BCUT2D eigenvalue weighted by atomic mass is 35.5. The van der Waals surface area contributed by atoms with Crippen LogP contribution >= 0.6 is 48.2 Å². The first-order valence-electron chi connectivity index (χ1n) is 6.76. The minimum Gasteiger partial charge on any atom is -0.335 e. The smallest absolute Gasteiger partial charge is 0.161 e. The van der Waals surface area contributed by atoms with Crippen molar-refractivity contribution in [1.29, 1.82) is 0 Å². The van der Waals surface area contributed by atoms with E-state index in [1.54, 1.807) is 0 Å². The average Bonchev–Trinajstić information content (AvgIpc) is 2.92. The summed E-state index contributed by atoms with van der Waals surface area (Å²) in [4.78, 5) is 7.10. The molecule has 21 heavy (non-hydrogen) atoms. The lowest BCUT2D eigenvalue weighted by Gasteiger charge is -2.19. The normalized spacial score (nSPS) is 17.1. The Morgan fingerprint density at radius 1 is 1.24 bits per heavy atom. The molecule has 0 saturated carbocycles. The minimum atomic E-state index is 0. The molecule has 3 nitrogen and oxygen atoms in total. The standard InChI is InChI=1S/C14H18ClN3S.2ClH/c15-12-3-4-13-11(9-12)10-16-14(17-13)19-8-7-18-5-1-2-6-18;;/h3-4,9H,1-2,5-8,10H2,(H,16,17);2*1H. The number of hydrogen-bond acceptors (Lipinski definition) is 4. The maximum absolute atomic E-state index is 5.98. The molecular weight excluding hydrogens is 349 g/mol. The van der Waals surface area contributed by atoms with Crippen molar-refractivity contribution in [2.75, 3.05) is 30.7 Å². The quantitative estimate of drug-likeness (QED) is 0.862. The fourth-order valence-corrected chi connectivity index (χ4v) is 3.56. The SMILES string of the molecule is Cl.Cl.Clc1ccc2c(c1)CN=C(SCCN1CCCC1)N2. The van der Waals surface area contributed by atoms with Crippen LogP contribution in [0.3, 0.4) is 0 Å². The summed E-state index contributed by atoms with van der Waals surface area (Å²) in [5.74, 6) is 1.11. The number of aliphatic imine (C=N–C) groups is 1. The molecule has 2 heterocycles. The predicted molar refractivity (Wildman–Crippen MR) is 98.8 cm³/mol. The van der Waals surface area contributed by atoms with Crippen LogP contribution in [0, 0.1) is 0 Å². The Morgan fingerprint density at radius 2 is 2.00 bits per heavy atom. The third-order valence-electron chi connectivity index (χ3n) is 3.55. The molecule has 0 unspecified atom stereocenters. The Balaban J connectivity index is 0.00000110. The van der Waals surface area contributed by atoms with Gasteiger partial charge in [0.15, 0.2) is 5.17 Å². The lowest BCUT2D eigenvalue weighted by atomic mass is 10.1. The minimum absolute atomic E-state index is 0. The van der Waals surface area contributed by atoms with Crippen LogP contribution in [0.25, 0.3) is 0 Å². The summed E-state index contributed by atoms with van der Waals surface area (Å²) in [7, 11) is 0. The lowest BCUT2D eigenvalue weighted by Crippen LogP contribution is -2.23. The van der Waals surface area contributed by atoms with Crippen molar-refractivity contribution >= 4 is 59.0 Å². The summed E-state index contributed by atoms with van der Waals surface area (Å²) >= 11 is 7.80. The zero-order chi connectivity index (χ0) is 13.1. The summed E-state index contributed by atoms with van der Waals surface area (Å²) in [6, 6.07) is 5.94. The number of anilines is 1. The molecule has 7 heteroatoms. The second kappa shape index (κ2) is 9.11. The third kappa shape index (κ3) is 5.22. The van der Waals surface area contributed by atoms with E-state index in [0.29, 0.717) is 0 Å². The Kier molecular flexibility index (Phi) is 8.21. The zero-order valence-electron chi connectivity index (χ0n) is 11.7. The first kappa shape index (κ1) is 18.9. The average molecular weight is 369 g/mol. The number of fused-ring (bicyclic) bond motifs is 1. The van der Waals surface area contributed by atoms with Crippen molar-refractivity contribution in [3.05, 3.63) is 28.8 Å². The van der Waals surface area contributed by atoms with Crippen molar-refractivity contribution in [2.24, 2.45) is 4.99 Å². The Hall–Kier alpha value is -0.130. The summed E-state index contributed by atoms with van der Waals surface area (Å²) in [6.07, 6.45) is 2.72. The number of benzene rings is 1. The monoisotopic (exact) mass is 367 g/mol. The Bertz CT molecular complexity index is 490. The molecule has 2 aliphatic heterocycles. The summed E-state index contributed by atoms with van der Waals surface area (Å²) in [6.45, 7) is 4.43. The third-order valence-corrected chi connectivity index (χ3v) is 4.67. The number of amidine groups is 1. The highest BCUT2D eigenvalue weighted by molar-refractivity contribution is 8.14. The molecule has 1 aromatic carbocycles. The molecule has 0 aliphatic carbocycles. The van der Waals surface area contributed by atoms with Crippen molar-refractivity contribution in [1.82, 2.24) is 4.90 Å². The number of nitrogens with zero attached hydrogens (tertiary/aromatic N) is 2. The molecule has 3 rings (SSSR count). The van der Waals surface area contributed by atoms with Crippen LogP contribution in [-0.4, -0.2) is 35.5 Å². The van der Waals surface area contributed by atoms with E-state index in [4.69, 9.17) is 11.6 Å². The molecule has 0 aromatic heterocycles. The van der Waals surface area contributed by atoms with E-state index >= 15 is 0 Å². The van der Waals surface area contributed by atoms with Crippen LogP contribution in [-0.2, 0) is 6.54 Å². The van der Waals surface area contributed by atoms with Gasteiger partial charge in [0.1, 0.15) is 0 Å². The first-order chi connectivity index (χ1) is 9.31. The Morgan fingerprint density at radius 3 is 2.76 bits per heavy atom. The molecule has 0 atom stereocenters. The molecule has 1 fully saturated rings. The molecule has 1 saturated heterocycles. The van der Waals surface area contributed by atoms with Gasteiger partial charge in [-0.15, -0.1) is 24.8 Å². The van der Waals surface area contributed by atoms with Gasteiger partial charge in [-0.05, 0) is 49.7 Å². The lowest BCUT2D eigenvalue weighted by molar-refractivity contribution is 0.362. The summed E-state index contributed by atoms with van der Waals surface area (Å²) in [5, 5.41) is 5.20.